The molecule has 4 rings (SSSR count). The van der Waals surface area contributed by atoms with Crippen LogP contribution in [0.4, 0.5) is 11.4 Å². The van der Waals surface area contributed by atoms with Crippen molar-refractivity contribution in [3.8, 4) is 17.2 Å². The molecule has 0 aliphatic carbocycles. The van der Waals surface area contributed by atoms with Crippen LogP contribution in [0.25, 0.3) is 0 Å². The molecule has 0 spiro atoms. The first-order valence-corrected chi connectivity index (χ1v) is 11.2. The molecule has 1 unspecified atom stereocenters. The Hall–Kier alpha value is -4.00. The monoisotopic (exact) mass is 460 g/mol. The second kappa shape index (κ2) is 10.3. The van der Waals surface area contributed by atoms with Gasteiger partial charge in [0.2, 0.25) is 0 Å². The summed E-state index contributed by atoms with van der Waals surface area (Å²) in [6.45, 7) is 6.31. The topological polar surface area (TPSA) is 77.1 Å². The van der Waals surface area contributed by atoms with Gasteiger partial charge in [0.1, 0.15) is 23.9 Å². The van der Waals surface area contributed by atoms with E-state index in [1.807, 2.05) is 62.4 Å². The zero-order valence-corrected chi connectivity index (χ0v) is 19.5. The van der Waals surface area contributed by atoms with Crippen molar-refractivity contribution in [1.29, 1.82) is 0 Å². The van der Waals surface area contributed by atoms with Gasteiger partial charge in [0.25, 0.3) is 11.8 Å². The summed E-state index contributed by atoms with van der Waals surface area (Å²) < 4.78 is 17.2. The quantitative estimate of drug-likeness (QED) is 0.535. The van der Waals surface area contributed by atoms with Gasteiger partial charge < -0.3 is 24.4 Å². The molecule has 176 valence electrons. The third-order valence-corrected chi connectivity index (χ3v) is 5.42. The molecule has 1 aliphatic rings. The van der Waals surface area contributed by atoms with Crippen molar-refractivity contribution in [1.82, 2.24) is 0 Å². The van der Waals surface area contributed by atoms with Crippen molar-refractivity contribution < 1.29 is 23.8 Å². The molecule has 0 aromatic heterocycles. The van der Waals surface area contributed by atoms with E-state index in [-0.39, 0.29) is 18.4 Å². The fourth-order valence-corrected chi connectivity index (χ4v) is 3.66. The second-order valence-electron chi connectivity index (χ2n) is 8.25. The van der Waals surface area contributed by atoms with E-state index >= 15 is 0 Å². The molecule has 1 atom stereocenters. The Balaban J connectivity index is 1.38. The summed E-state index contributed by atoms with van der Waals surface area (Å²) in [5.41, 5.74) is 3.44. The van der Waals surface area contributed by atoms with Crippen molar-refractivity contribution in [3.63, 3.8) is 0 Å². The lowest BCUT2D eigenvalue weighted by Crippen LogP contribution is -2.46. The number of anilines is 2. The molecule has 1 heterocycles. The van der Waals surface area contributed by atoms with E-state index in [1.165, 1.54) is 0 Å². The minimum atomic E-state index is -0.637. The Kier molecular flexibility index (Phi) is 7.01. The van der Waals surface area contributed by atoms with E-state index < -0.39 is 6.10 Å². The van der Waals surface area contributed by atoms with E-state index in [9.17, 15) is 9.59 Å². The van der Waals surface area contributed by atoms with E-state index in [0.717, 1.165) is 16.9 Å². The number of nitrogens with one attached hydrogen (secondary N) is 1. The zero-order valence-electron chi connectivity index (χ0n) is 19.5. The standard InChI is InChI=1S/C27H28N2O5/c1-18-7-10-22(11-8-18)33-17-26(30)28-21-9-12-24-25(16-21)34-20(3)27(31)29(24)13-14-32-23-6-4-5-19(2)15-23/h4-12,15-16,20H,13-14,17H2,1-3H3,(H,28,30). The number of carbonyl (C=O) groups excluding carboxylic acids is 2. The van der Waals surface area contributed by atoms with Crippen molar-refractivity contribution in [2.45, 2.75) is 26.9 Å². The van der Waals surface area contributed by atoms with Crippen LogP contribution in [0, 0.1) is 13.8 Å². The highest BCUT2D eigenvalue weighted by atomic mass is 16.5. The van der Waals surface area contributed by atoms with Crippen LogP contribution in [0.1, 0.15) is 18.1 Å². The highest BCUT2D eigenvalue weighted by molar-refractivity contribution is 6.00. The summed E-state index contributed by atoms with van der Waals surface area (Å²) in [6, 6.07) is 20.5. The smallest absolute Gasteiger partial charge is 0.267 e. The first kappa shape index (κ1) is 23.2. The molecule has 1 aliphatic heterocycles. The number of carbonyl (C=O) groups is 2. The second-order valence-corrected chi connectivity index (χ2v) is 8.25. The molecule has 1 N–H and O–H groups in total. The van der Waals surface area contributed by atoms with Gasteiger partial charge in [-0.15, -0.1) is 0 Å². The molecule has 2 amide bonds. The maximum Gasteiger partial charge on any atom is 0.267 e. The highest BCUT2D eigenvalue weighted by Crippen LogP contribution is 2.36. The molecule has 0 radical (unpaired) electrons. The predicted molar refractivity (Wildman–Crippen MR) is 131 cm³/mol. The maximum atomic E-state index is 12.7. The summed E-state index contributed by atoms with van der Waals surface area (Å²) in [7, 11) is 0. The predicted octanol–water partition coefficient (Wildman–Crippen LogP) is 4.51. The van der Waals surface area contributed by atoms with Crippen LogP contribution in [0.5, 0.6) is 17.2 Å². The first-order chi connectivity index (χ1) is 16.4. The van der Waals surface area contributed by atoms with Crippen LogP contribution >= 0.6 is 0 Å². The van der Waals surface area contributed by atoms with Crippen LogP contribution in [-0.4, -0.2) is 37.7 Å². The summed E-state index contributed by atoms with van der Waals surface area (Å²) in [6.07, 6.45) is -0.637. The van der Waals surface area contributed by atoms with Gasteiger partial charge in [-0.3, -0.25) is 9.59 Å². The molecule has 7 heteroatoms. The number of hydrogen-bond donors (Lipinski definition) is 1. The van der Waals surface area contributed by atoms with Crippen LogP contribution in [-0.2, 0) is 9.59 Å². The Bertz CT molecular complexity index is 1180. The normalized spacial score (nSPS) is 14.7. The molecular formula is C27H28N2O5. The number of hydrogen-bond acceptors (Lipinski definition) is 5. The molecule has 0 saturated carbocycles. The third kappa shape index (κ3) is 5.67. The lowest BCUT2D eigenvalue weighted by molar-refractivity contribution is -0.125. The molecule has 3 aromatic carbocycles. The van der Waals surface area contributed by atoms with Crippen molar-refractivity contribution in [3.05, 3.63) is 77.9 Å². The van der Waals surface area contributed by atoms with Gasteiger partial charge in [-0.05, 0) is 62.7 Å². The van der Waals surface area contributed by atoms with Gasteiger partial charge in [0, 0.05) is 11.8 Å². The van der Waals surface area contributed by atoms with E-state index in [1.54, 1.807) is 30.0 Å². The van der Waals surface area contributed by atoms with Gasteiger partial charge >= 0.3 is 0 Å². The third-order valence-electron chi connectivity index (χ3n) is 5.42. The number of fused-ring (bicyclic) bond motifs is 1. The SMILES string of the molecule is Cc1ccc(OCC(=O)Nc2ccc3c(c2)OC(C)C(=O)N3CCOc2cccc(C)c2)cc1. The fraction of sp³-hybridized carbons (Fsp3) is 0.259. The lowest BCUT2D eigenvalue weighted by atomic mass is 10.1. The molecule has 34 heavy (non-hydrogen) atoms. The van der Waals surface area contributed by atoms with Gasteiger partial charge in [-0.25, -0.2) is 0 Å². The van der Waals surface area contributed by atoms with E-state index in [2.05, 4.69) is 5.32 Å². The van der Waals surface area contributed by atoms with Gasteiger partial charge in [-0.1, -0.05) is 29.8 Å². The summed E-state index contributed by atoms with van der Waals surface area (Å²) in [5.74, 6) is 1.50. The summed E-state index contributed by atoms with van der Waals surface area (Å²) >= 11 is 0. The van der Waals surface area contributed by atoms with Gasteiger partial charge in [0.05, 0.1) is 12.2 Å². The van der Waals surface area contributed by atoms with Crippen molar-refractivity contribution in [2.24, 2.45) is 0 Å². The minimum absolute atomic E-state index is 0.113. The highest BCUT2D eigenvalue weighted by Gasteiger charge is 2.31. The van der Waals surface area contributed by atoms with Gasteiger partial charge in [-0.2, -0.15) is 0 Å². The summed E-state index contributed by atoms with van der Waals surface area (Å²) in [5, 5.41) is 2.81. The van der Waals surface area contributed by atoms with Crippen LogP contribution in [0.15, 0.2) is 66.7 Å². The van der Waals surface area contributed by atoms with Crippen LogP contribution in [0.3, 0.4) is 0 Å². The summed E-state index contributed by atoms with van der Waals surface area (Å²) in [4.78, 5) is 26.7. The maximum absolute atomic E-state index is 12.7. The molecule has 7 nitrogen and oxygen atoms in total. The number of aryl methyl sites for hydroxylation is 2. The zero-order chi connectivity index (χ0) is 24.1. The van der Waals surface area contributed by atoms with Crippen LogP contribution < -0.4 is 24.4 Å². The van der Waals surface area contributed by atoms with E-state index in [0.29, 0.717) is 36.0 Å². The molecule has 3 aromatic rings. The molecular weight excluding hydrogens is 432 g/mol. The number of benzene rings is 3. The Morgan fingerprint density at radius 2 is 1.76 bits per heavy atom. The largest absolute Gasteiger partial charge is 0.492 e. The van der Waals surface area contributed by atoms with Crippen molar-refractivity contribution in [2.75, 3.05) is 30.0 Å². The number of nitrogens with zero attached hydrogens (tertiary/aromatic N) is 1. The Labute approximate surface area is 199 Å². The van der Waals surface area contributed by atoms with Crippen LogP contribution in [0.2, 0.25) is 0 Å². The average Bonchev–Trinajstić information content (AvgIpc) is 2.81. The number of ether oxygens (including phenoxy) is 3. The Morgan fingerprint density at radius 1 is 0.971 bits per heavy atom. The number of amides is 2. The average molecular weight is 461 g/mol. The molecule has 0 fully saturated rings. The molecule has 0 bridgehead atoms. The minimum Gasteiger partial charge on any atom is -0.492 e. The lowest BCUT2D eigenvalue weighted by Gasteiger charge is -2.33. The molecule has 0 saturated heterocycles. The Morgan fingerprint density at radius 3 is 2.53 bits per heavy atom. The van der Waals surface area contributed by atoms with Gasteiger partial charge in [0.15, 0.2) is 12.7 Å². The van der Waals surface area contributed by atoms with Crippen molar-refractivity contribution >= 4 is 23.2 Å². The number of rotatable bonds is 8. The van der Waals surface area contributed by atoms with E-state index in [4.69, 9.17) is 14.2 Å². The fourth-order valence-electron chi connectivity index (χ4n) is 3.66. The first-order valence-electron chi connectivity index (χ1n) is 11.2.